The minimum atomic E-state index is -0.275. The van der Waals surface area contributed by atoms with Crippen LogP contribution in [0.15, 0.2) is 42.6 Å². The van der Waals surface area contributed by atoms with Gasteiger partial charge in [-0.05, 0) is 23.8 Å². The first-order valence-electron chi connectivity index (χ1n) is 5.70. The van der Waals surface area contributed by atoms with Crippen LogP contribution in [0.1, 0.15) is 15.9 Å². The molecule has 0 spiro atoms. The van der Waals surface area contributed by atoms with Gasteiger partial charge in [-0.1, -0.05) is 18.2 Å². The molecule has 1 aromatic carbocycles. The Morgan fingerprint density at radius 2 is 2.11 bits per heavy atom. The van der Waals surface area contributed by atoms with Crippen LogP contribution in [-0.2, 0) is 5.88 Å². The third-order valence-corrected chi connectivity index (χ3v) is 2.91. The van der Waals surface area contributed by atoms with Gasteiger partial charge in [0.2, 0.25) is 5.88 Å². The predicted molar refractivity (Wildman–Crippen MR) is 74.7 cm³/mol. The van der Waals surface area contributed by atoms with Crippen molar-refractivity contribution in [2.24, 2.45) is 0 Å². The lowest BCUT2D eigenvalue weighted by Gasteiger charge is -2.10. The van der Waals surface area contributed by atoms with E-state index in [9.17, 15) is 4.79 Å². The highest BCUT2D eigenvalue weighted by Gasteiger charge is 2.13. The molecule has 0 bridgehead atoms. The number of para-hydroxylation sites is 1. The van der Waals surface area contributed by atoms with Crippen molar-refractivity contribution in [3.05, 3.63) is 53.7 Å². The van der Waals surface area contributed by atoms with Crippen LogP contribution >= 0.6 is 11.6 Å². The number of rotatable bonds is 4. The van der Waals surface area contributed by atoms with E-state index in [1.54, 1.807) is 24.4 Å². The average Bonchev–Trinajstić information content (AvgIpc) is 2.47. The van der Waals surface area contributed by atoms with Crippen molar-refractivity contribution >= 4 is 23.2 Å². The standard InChI is InChI=1S/C14H13ClN2O2/c1-19-14-11(6-4-8-16-14)13(18)17-12-7-3-2-5-10(12)9-15/h2-8H,9H2,1H3,(H,17,18). The molecule has 1 N–H and O–H groups in total. The zero-order chi connectivity index (χ0) is 13.7. The summed E-state index contributed by atoms with van der Waals surface area (Å²) >= 11 is 5.83. The van der Waals surface area contributed by atoms with Crippen molar-refractivity contribution in [2.45, 2.75) is 5.88 Å². The van der Waals surface area contributed by atoms with E-state index in [0.29, 0.717) is 23.0 Å². The van der Waals surface area contributed by atoms with Gasteiger partial charge in [0.05, 0.1) is 7.11 Å². The predicted octanol–water partition coefficient (Wildman–Crippen LogP) is 3.08. The zero-order valence-corrected chi connectivity index (χ0v) is 11.1. The number of halogens is 1. The maximum atomic E-state index is 12.2. The van der Waals surface area contributed by atoms with Gasteiger partial charge in [-0.2, -0.15) is 0 Å². The monoisotopic (exact) mass is 276 g/mol. The van der Waals surface area contributed by atoms with E-state index in [1.165, 1.54) is 7.11 Å². The van der Waals surface area contributed by atoms with Crippen LogP contribution in [-0.4, -0.2) is 18.0 Å². The van der Waals surface area contributed by atoms with E-state index in [1.807, 2.05) is 18.2 Å². The lowest BCUT2D eigenvalue weighted by atomic mass is 10.2. The summed E-state index contributed by atoms with van der Waals surface area (Å²) in [6.07, 6.45) is 1.57. The largest absolute Gasteiger partial charge is 0.480 e. The molecule has 19 heavy (non-hydrogen) atoms. The summed E-state index contributed by atoms with van der Waals surface area (Å²) in [6.45, 7) is 0. The molecule has 0 aliphatic rings. The van der Waals surface area contributed by atoms with Crippen LogP contribution < -0.4 is 10.1 Å². The fraction of sp³-hybridized carbons (Fsp3) is 0.143. The van der Waals surface area contributed by atoms with Gasteiger partial charge in [0.25, 0.3) is 5.91 Å². The van der Waals surface area contributed by atoms with E-state index in [2.05, 4.69) is 10.3 Å². The molecular weight excluding hydrogens is 264 g/mol. The van der Waals surface area contributed by atoms with Gasteiger partial charge < -0.3 is 10.1 Å². The number of carbonyl (C=O) groups excluding carboxylic acids is 1. The molecule has 4 nitrogen and oxygen atoms in total. The Labute approximate surface area is 116 Å². The summed E-state index contributed by atoms with van der Waals surface area (Å²) in [5.74, 6) is 0.353. The Morgan fingerprint density at radius 3 is 2.84 bits per heavy atom. The lowest BCUT2D eigenvalue weighted by molar-refractivity contribution is 0.102. The molecule has 0 saturated carbocycles. The molecule has 0 radical (unpaired) electrons. The number of alkyl halides is 1. The van der Waals surface area contributed by atoms with Gasteiger partial charge in [-0.25, -0.2) is 4.98 Å². The highest BCUT2D eigenvalue weighted by atomic mass is 35.5. The van der Waals surface area contributed by atoms with Gasteiger partial charge in [-0.3, -0.25) is 4.79 Å². The fourth-order valence-corrected chi connectivity index (χ4v) is 1.91. The molecule has 0 aliphatic heterocycles. The van der Waals surface area contributed by atoms with Crippen LogP contribution in [0, 0.1) is 0 Å². The molecule has 5 heteroatoms. The average molecular weight is 277 g/mol. The second kappa shape index (κ2) is 6.20. The minimum absolute atomic E-state index is 0.275. The number of methoxy groups -OCH3 is 1. The number of benzene rings is 1. The third kappa shape index (κ3) is 3.03. The van der Waals surface area contributed by atoms with Gasteiger partial charge in [0.15, 0.2) is 0 Å². The normalized spacial score (nSPS) is 10.0. The van der Waals surface area contributed by atoms with E-state index in [4.69, 9.17) is 16.3 Å². The minimum Gasteiger partial charge on any atom is -0.480 e. The molecule has 0 unspecified atom stereocenters. The summed E-state index contributed by atoms with van der Waals surface area (Å²) in [7, 11) is 1.48. The van der Waals surface area contributed by atoms with Crippen LogP contribution in [0.3, 0.4) is 0 Å². The Kier molecular flexibility index (Phi) is 4.36. The summed E-state index contributed by atoms with van der Waals surface area (Å²) in [5, 5.41) is 2.81. The Hall–Kier alpha value is -2.07. The topological polar surface area (TPSA) is 51.2 Å². The van der Waals surface area contributed by atoms with Gasteiger partial charge >= 0.3 is 0 Å². The molecule has 1 heterocycles. The van der Waals surface area contributed by atoms with E-state index >= 15 is 0 Å². The van der Waals surface area contributed by atoms with Gasteiger partial charge in [0.1, 0.15) is 5.56 Å². The zero-order valence-electron chi connectivity index (χ0n) is 10.4. The number of hydrogen-bond acceptors (Lipinski definition) is 3. The summed E-state index contributed by atoms with van der Waals surface area (Å²) in [4.78, 5) is 16.2. The number of nitrogens with zero attached hydrogens (tertiary/aromatic N) is 1. The van der Waals surface area contributed by atoms with Gasteiger partial charge in [0, 0.05) is 17.8 Å². The Balaban J connectivity index is 2.26. The van der Waals surface area contributed by atoms with E-state index in [0.717, 1.165) is 5.56 Å². The molecule has 0 saturated heterocycles. The van der Waals surface area contributed by atoms with Crippen molar-refractivity contribution in [1.82, 2.24) is 4.98 Å². The SMILES string of the molecule is COc1ncccc1C(=O)Nc1ccccc1CCl. The number of nitrogens with one attached hydrogen (secondary N) is 1. The highest BCUT2D eigenvalue weighted by molar-refractivity contribution is 6.17. The van der Waals surface area contributed by atoms with Crippen molar-refractivity contribution in [3.8, 4) is 5.88 Å². The van der Waals surface area contributed by atoms with Crippen LogP contribution in [0.2, 0.25) is 0 Å². The Bertz CT molecular complexity index is 587. The molecule has 0 aliphatic carbocycles. The quantitative estimate of drug-likeness (QED) is 0.873. The molecule has 98 valence electrons. The number of aromatic nitrogens is 1. The number of pyridine rings is 1. The summed E-state index contributed by atoms with van der Waals surface area (Å²) < 4.78 is 5.06. The smallest absolute Gasteiger partial charge is 0.261 e. The number of ether oxygens (including phenoxy) is 1. The third-order valence-electron chi connectivity index (χ3n) is 2.62. The lowest BCUT2D eigenvalue weighted by Crippen LogP contribution is -2.14. The van der Waals surface area contributed by atoms with E-state index < -0.39 is 0 Å². The summed E-state index contributed by atoms with van der Waals surface area (Å²) in [5.41, 5.74) is 1.93. The molecule has 1 amide bonds. The maximum absolute atomic E-state index is 12.2. The highest BCUT2D eigenvalue weighted by Crippen LogP contribution is 2.20. The van der Waals surface area contributed by atoms with Crippen molar-refractivity contribution in [1.29, 1.82) is 0 Å². The fourth-order valence-electron chi connectivity index (χ4n) is 1.67. The van der Waals surface area contributed by atoms with Crippen LogP contribution in [0.5, 0.6) is 5.88 Å². The van der Waals surface area contributed by atoms with Crippen molar-refractivity contribution < 1.29 is 9.53 Å². The second-order valence-electron chi connectivity index (χ2n) is 3.81. The first-order chi connectivity index (χ1) is 9.26. The first-order valence-corrected chi connectivity index (χ1v) is 6.24. The molecular formula is C14H13ClN2O2. The molecule has 0 fully saturated rings. The van der Waals surface area contributed by atoms with Crippen molar-refractivity contribution in [2.75, 3.05) is 12.4 Å². The molecule has 2 aromatic rings. The second-order valence-corrected chi connectivity index (χ2v) is 4.07. The number of carbonyl (C=O) groups is 1. The van der Waals surface area contributed by atoms with Crippen molar-refractivity contribution in [3.63, 3.8) is 0 Å². The van der Waals surface area contributed by atoms with Crippen LogP contribution in [0.4, 0.5) is 5.69 Å². The maximum Gasteiger partial charge on any atom is 0.261 e. The molecule has 1 aromatic heterocycles. The number of amides is 1. The number of anilines is 1. The molecule has 2 rings (SSSR count). The summed E-state index contributed by atoms with van der Waals surface area (Å²) in [6, 6.07) is 10.7. The van der Waals surface area contributed by atoms with Gasteiger partial charge in [-0.15, -0.1) is 11.6 Å². The van der Waals surface area contributed by atoms with Crippen LogP contribution in [0.25, 0.3) is 0 Å². The molecule has 0 atom stereocenters. The Morgan fingerprint density at radius 1 is 1.32 bits per heavy atom. The van der Waals surface area contributed by atoms with E-state index in [-0.39, 0.29) is 5.91 Å². The first kappa shape index (κ1) is 13.4. The number of hydrogen-bond donors (Lipinski definition) is 1.